The molecule has 1 aromatic carbocycles. The molecule has 37 heavy (non-hydrogen) atoms. The van der Waals surface area contributed by atoms with Gasteiger partial charge in [0.05, 0.1) is 19.1 Å². The Morgan fingerprint density at radius 2 is 1.81 bits per heavy atom. The number of piperidine rings is 1. The van der Waals surface area contributed by atoms with Crippen LogP contribution in [0.4, 0.5) is 0 Å². The minimum absolute atomic E-state index is 0.0366. The van der Waals surface area contributed by atoms with Crippen molar-refractivity contribution in [3.8, 4) is 5.75 Å². The van der Waals surface area contributed by atoms with E-state index in [0.717, 1.165) is 50.1 Å². The van der Waals surface area contributed by atoms with E-state index in [1.807, 2.05) is 17.0 Å². The average molecular weight is 511 g/mol. The molecule has 3 saturated heterocycles. The SMILES string of the molecule is O=C1CCC(N2Cc3cc(O[C@H]4CCCC[C@@H]4N4CC(C(=O)N5CCOCC5)C4)ccc3C2=O)C(=O)N1. The number of benzene rings is 1. The second kappa shape index (κ2) is 10.1. The van der Waals surface area contributed by atoms with E-state index in [4.69, 9.17) is 9.47 Å². The Kier molecular flexibility index (Phi) is 6.62. The first-order valence-corrected chi connectivity index (χ1v) is 13.5. The summed E-state index contributed by atoms with van der Waals surface area (Å²) < 4.78 is 11.9. The smallest absolute Gasteiger partial charge is 0.255 e. The zero-order chi connectivity index (χ0) is 25.5. The van der Waals surface area contributed by atoms with Crippen LogP contribution in [-0.4, -0.2) is 95.9 Å². The predicted octanol–water partition coefficient (Wildman–Crippen LogP) is 0.928. The number of rotatable bonds is 5. The zero-order valence-corrected chi connectivity index (χ0v) is 21.0. The third-order valence-electron chi connectivity index (χ3n) is 8.50. The van der Waals surface area contributed by atoms with Gasteiger partial charge in [-0.15, -0.1) is 0 Å². The first kappa shape index (κ1) is 24.4. The molecule has 10 heteroatoms. The number of carbonyl (C=O) groups is 4. The first-order chi connectivity index (χ1) is 18.0. The highest BCUT2D eigenvalue weighted by molar-refractivity contribution is 6.05. The van der Waals surface area contributed by atoms with Crippen molar-refractivity contribution in [2.24, 2.45) is 5.92 Å². The van der Waals surface area contributed by atoms with E-state index in [1.54, 1.807) is 11.0 Å². The van der Waals surface area contributed by atoms with Crippen molar-refractivity contribution in [2.45, 2.75) is 63.3 Å². The van der Waals surface area contributed by atoms with Crippen molar-refractivity contribution >= 4 is 23.6 Å². The summed E-state index contributed by atoms with van der Waals surface area (Å²) in [5.41, 5.74) is 1.43. The normalized spacial score (nSPS) is 29.1. The molecule has 1 unspecified atom stereocenters. The first-order valence-electron chi connectivity index (χ1n) is 13.5. The highest BCUT2D eigenvalue weighted by atomic mass is 16.5. The average Bonchev–Trinajstić information content (AvgIpc) is 3.20. The molecule has 4 amide bonds. The molecule has 0 spiro atoms. The van der Waals surface area contributed by atoms with Crippen LogP contribution >= 0.6 is 0 Å². The fourth-order valence-corrected chi connectivity index (χ4v) is 6.41. The Balaban J connectivity index is 1.08. The van der Waals surface area contributed by atoms with E-state index in [9.17, 15) is 19.2 Å². The van der Waals surface area contributed by atoms with Gasteiger partial charge in [-0.1, -0.05) is 6.42 Å². The van der Waals surface area contributed by atoms with Crippen LogP contribution in [0.15, 0.2) is 18.2 Å². The Morgan fingerprint density at radius 3 is 2.59 bits per heavy atom. The molecule has 1 saturated carbocycles. The molecule has 4 fully saturated rings. The summed E-state index contributed by atoms with van der Waals surface area (Å²) in [6.07, 6.45) is 4.90. The van der Waals surface area contributed by atoms with Crippen molar-refractivity contribution in [2.75, 3.05) is 39.4 Å². The van der Waals surface area contributed by atoms with Gasteiger partial charge in [-0.05, 0) is 49.4 Å². The van der Waals surface area contributed by atoms with Gasteiger partial charge in [0.15, 0.2) is 0 Å². The van der Waals surface area contributed by atoms with Gasteiger partial charge < -0.3 is 19.3 Å². The third-order valence-corrected chi connectivity index (χ3v) is 8.50. The summed E-state index contributed by atoms with van der Waals surface area (Å²) in [4.78, 5) is 55.5. The lowest BCUT2D eigenvalue weighted by molar-refractivity contribution is -0.148. The molecular weight excluding hydrogens is 476 g/mol. The molecule has 0 aromatic heterocycles. The molecule has 1 N–H and O–H groups in total. The molecule has 4 aliphatic heterocycles. The number of fused-ring (bicyclic) bond motifs is 1. The fraction of sp³-hybridized carbons (Fsp3) is 0.630. The molecule has 6 rings (SSSR count). The maximum absolute atomic E-state index is 13.0. The summed E-state index contributed by atoms with van der Waals surface area (Å²) in [5.74, 6) is 0.167. The standard InChI is InChI=1S/C27H34N4O6/c32-24-8-7-22(25(33)28-24)31-16-17-13-19(5-6-20(17)27(31)35)37-23-4-2-1-3-21(23)30-14-18(15-30)26(34)29-9-11-36-12-10-29/h5-6,13,18,21-23H,1-4,7-12,14-16H2,(H,28,32,33)/t21-,22?,23-/m0/s1. The summed E-state index contributed by atoms with van der Waals surface area (Å²) in [6, 6.07) is 5.21. The quantitative estimate of drug-likeness (QED) is 0.587. The van der Waals surface area contributed by atoms with Crippen LogP contribution in [0.25, 0.3) is 0 Å². The summed E-state index contributed by atoms with van der Waals surface area (Å²) in [5, 5.41) is 2.34. The van der Waals surface area contributed by atoms with Gasteiger partial charge >= 0.3 is 0 Å². The molecule has 10 nitrogen and oxygen atoms in total. The maximum Gasteiger partial charge on any atom is 0.255 e. The number of hydrogen-bond donors (Lipinski definition) is 1. The van der Waals surface area contributed by atoms with Gasteiger partial charge in [-0.3, -0.25) is 29.4 Å². The second-order valence-corrected chi connectivity index (χ2v) is 10.8. The van der Waals surface area contributed by atoms with Crippen molar-refractivity contribution in [3.63, 3.8) is 0 Å². The number of nitrogens with zero attached hydrogens (tertiary/aromatic N) is 3. The number of nitrogens with one attached hydrogen (secondary N) is 1. The van der Waals surface area contributed by atoms with Gasteiger partial charge in [0.25, 0.3) is 5.91 Å². The number of imide groups is 1. The highest BCUT2D eigenvalue weighted by Crippen LogP contribution is 2.35. The van der Waals surface area contributed by atoms with Gasteiger partial charge in [0.1, 0.15) is 17.9 Å². The molecule has 0 bridgehead atoms. The molecule has 5 aliphatic rings. The van der Waals surface area contributed by atoms with E-state index in [1.165, 1.54) is 0 Å². The fourth-order valence-electron chi connectivity index (χ4n) is 6.41. The largest absolute Gasteiger partial charge is 0.489 e. The van der Waals surface area contributed by atoms with Crippen molar-refractivity contribution in [1.29, 1.82) is 0 Å². The number of morpholine rings is 1. The second-order valence-electron chi connectivity index (χ2n) is 10.8. The minimum Gasteiger partial charge on any atom is -0.489 e. The van der Waals surface area contributed by atoms with Crippen LogP contribution < -0.4 is 10.1 Å². The van der Waals surface area contributed by atoms with Gasteiger partial charge in [0.2, 0.25) is 17.7 Å². The van der Waals surface area contributed by atoms with E-state index in [0.29, 0.717) is 44.8 Å². The molecule has 198 valence electrons. The summed E-state index contributed by atoms with van der Waals surface area (Å²) in [6.45, 7) is 4.51. The molecule has 1 aromatic rings. The number of carbonyl (C=O) groups excluding carboxylic acids is 4. The van der Waals surface area contributed by atoms with Crippen LogP contribution in [0.3, 0.4) is 0 Å². The lowest BCUT2D eigenvalue weighted by Gasteiger charge is -2.48. The van der Waals surface area contributed by atoms with Crippen molar-refractivity contribution < 1.29 is 28.7 Å². The van der Waals surface area contributed by atoms with Crippen LogP contribution in [-0.2, 0) is 25.7 Å². The van der Waals surface area contributed by atoms with E-state index < -0.39 is 11.9 Å². The van der Waals surface area contributed by atoms with Crippen molar-refractivity contribution in [1.82, 2.24) is 20.0 Å². The van der Waals surface area contributed by atoms with Crippen LogP contribution in [0, 0.1) is 5.92 Å². The van der Waals surface area contributed by atoms with E-state index in [2.05, 4.69) is 10.2 Å². The van der Waals surface area contributed by atoms with Crippen molar-refractivity contribution in [3.05, 3.63) is 29.3 Å². The molecule has 1 aliphatic carbocycles. The molecular formula is C27H34N4O6. The van der Waals surface area contributed by atoms with Crippen LogP contribution in [0.1, 0.15) is 54.4 Å². The number of amides is 4. The Bertz CT molecular complexity index is 1100. The summed E-state index contributed by atoms with van der Waals surface area (Å²) in [7, 11) is 0. The van der Waals surface area contributed by atoms with Gasteiger partial charge in [-0.25, -0.2) is 0 Å². The van der Waals surface area contributed by atoms with Crippen LogP contribution in [0.5, 0.6) is 5.75 Å². The third kappa shape index (κ3) is 4.72. The zero-order valence-electron chi connectivity index (χ0n) is 21.0. The van der Waals surface area contributed by atoms with Gasteiger partial charge in [-0.2, -0.15) is 0 Å². The van der Waals surface area contributed by atoms with Crippen LogP contribution in [0.2, 0.25) is 0 Å². The maximum atomic E-state index is 13.0. The minimum atomic E-state index is -0.621. The van der Waals surface area contributed by atoms with E-state index >= 15 is 0 Å². The van der Waals surface area contributed by atoms with Gasteiger partial charge in [0, 0.05) is 50.7 Å². The monoisotopic (exact) mass is 510 g/mol. The molecule has 3 atom stereocenters. The summed E-state index contributed by atoms with van der Waals surface area (Å²) >= 11 is 0. The topological polar surface area (TPSA) is 108 Å². The Hall–Kier alpha value is -2.98. The number of hydrogen-bond acceptors (Lipinski definition) is 7. The molecule has 4 heterocycles. The lowest BCUT2D eigenvalue weighted by Crippen LogP contribution is -2.62. The molecule has 0 radical (unpaired) electrons. The number of likely N-dealkylation sites (tertiary alicyclic amines) is 1. The number of ether oxygens (including phenoxy) is 2. The lowest BCUT2D eigenvalue weighted by atomic mass is 9.86. The Morgan fingerprint density at radius 1 is 1.03 bits per heavy atom. The Labute approximate surface area is 216 Å². The highest BCUT2D eigenvalue weighted by Gasteiger charge is 2.43. The van der Waals surface area contributed by atoms with E-state index in [-0.39, 0.29) is 42.2 Å². The predicted molar refractivity (Wildman–Crippen MR) is 132 cm³/mol.